The number of carbonyl (C=O) groups excluding carboxylic acids is 1. The minimum absolute atomic E-state index is 0.0401. The number of aromatic hydroxyl groups is 1. The lowest BCUT2D eigenvalue weighted by atomic mass is 10.2. The molecule has 0 aliphatic rings. The summed E-state index contributed by atoms with van der Waals surface area (Å²) >= 11 is 0. The molecule has 0 bridgehead atoms. The standard InChI is InChI=1S/C9H12N2O4/c1-9(2,3)15-8(13)11-10-6-4-5-7(12)14-6/h4-5,12H,1-3H3. The Morgan fingerprint density at radius 3 is 2.60 bits per heavy atom. The van der Waals surface area contributed by atoms with Crippen molar-refractivity contribution in [1.29, 1.82) is 0 Å². The van der Waals surface area contributed by atoms with Crippen LogP contribution in [0.2, 0.25) is 0 Å². The predicted molar refractivity (Wildman–Crippen MR) is 51.1 cm³/mol. The van der Waals surface area contributed by atoms with Crippen molar-refractivity contribution in [3.05, 3.63) is 12.1 Å². The average Bonchev–Trinajstić information content (AvgIpc) is 2.45. The molecule has 6 nitrogen and oxygen atoms in total. The second kappa shape index (κ2) is 4.12. The van der Waals surface area contributed by atoms with Crippen LogP contribution in [0.15, 0.2) is 26.8 Å². The molecular weight excluding hydrogens is 200 g/mol. The number of nitrogens with zero attached hydrogens (tertiary/aromatic N) is 2. The van der Waals surface area contributed by atoms with Gasteiger partial charge in [-0.1, -0.05) is 5.11 Å². The van der Waals surface area contributed by atoms with Crippen molar-refractivity contribution in [2.75, 3.05) is 0 Å². The van der Waals surface area contributed by atoms with Crippen LogP contribution in [-0.4, -0.2) is 16.8 Å². The number of ether oxygens (including phenoxy) is 1. The van der Waals surface area contributed by atoms with E-state index in [9.17, 15) is 4.79 Å². The van der Waals surface area contributed by atoms with E-state index in [1.807, 2.05) is 0 Å². The van der Waals surface area contributed by atoms with Crippen molar-refractivity contribution in [3.8, 4) is 5.95 Å². The van der Waals surface area contributed by atoms with E-state index < -0.39 is 11.7 Å². The first kappa shape index (κ1) is 11.2. The molecule has 0 spiro atoms. The molecule has 0 aromatic carbocycles. The molecule has 0 saturated heterocycles. The van der Waals surface area contributed by atoms with Crippen molar-refractivity contribution in [2.24, 2.45) is 10.2 Å². The first-order valence-electron chi connectivity index (χ1n) is 4.30. The molecule has 15 heavy (non-hydrogen) atoms. The lowest BCUT2D eigenvalue weighted by molar-refractivity contribution is 0.0591. The second-order valence-electron chi connectivity index (χ2n) is 3.79. The summed E-state index contributed by atoms with van der Waals surface area (Å²) in [5.41, 5.74) is -0.610. The van der Waals surface area contributed by atoms with Crippen LogP contribution in [-0.2, 0) is 4.74 Å². The summed E-state index contributed by atoms with van der Waals surface area (Å²) in [7, 11) is 0. The summed E-state index contributed by atoms with van der Waals surface area (Å²) in [6.07, 6.45) is -0.807. The molecule has 0 aliphatic heterocycles. The molecule has 0 fully saturated rings. The second-order valence-corrected chi connectivity index (χ2v) is 3.79. The number of hydrogen-bond donors (Lipinski definition) is 1. The van der Waals surface area contributed by atoms with E-state index in [1.165, 1.54) is 12.1 Å². The van der Waals surface area contributed by atoms with Gasteiger partial charge in [0.05, 0.1) is 0 Å². The van der Waals surface area contributed by atoms with Gasteiger partial charge in [0.15, 0.2) is 0 Å². The van der Waals surface area contributed by atoms with E-state index in [2.05, 4.69) is 14.6 Å². The van der Waals surface area contributed by atoms with Gasteiger partial charge in [-0.3, -0.25) is 0 Å². The molecule has 1 heterocycles. The maximum Gasteiger partial charge on any atom is 0.453 e. The van der Waals surface area contributed by atoms with Crippen LogP contribution in [0.5, 0.6) is 5.95 Å². The van der Waals surface area contributed by atoms with Crippen molar-refractivity contribution in [1.82, 2.24) is 0 Å². The molecule has 1 amide bonds. The largest absolute Gasteiger partial charge is 0.481 e. The Bertz CT molecular complexity index is 376. The maximum atomic E-state index is 11.1. The summed E-state index contributed by atoms with van der Waals surface area (Å²) in [6, 6.07) is 2.67. The van der Waals surface area contributed by atoms with Gasteiger partial charge in [0.1, 0.15) is 5.60 Å². The average molecular weight is 212 g/mol. The third kappa shape index (κ3) is 4.26. The molecule has 6 heteroatoms. The highest BCUT2D eigenvalue weighted by atomic mass is 16.6. The zero-order valence-corrected chi connectivity index (χ0v) is 8.72. The highest BCUT2D eigenvalue weighted by Gasteiger charge is 2.15. The third-order valence-electron chi connectivity index (χ3n) is 1.20. The molecule has 1 aromatic rings. The predicted octanol–water partition coefficient (Wildman–Crippen LogP) is 3.00. The van der Waals surface area contributed by atoms with Crippen LogP contribution in [0.4, 0.5) is 10.7 Å². The topological polar surface area (TPSA) is 84.4 Å². The first-order valence-corrected chi connectivity index (χ1v) is 4.30. The number of furan rings is 1. The van der Waals surface area contributed by atoms with Crippen LogP contribution in [0.25, 0.3) is 0 Å². The Morgan fingerprint density at radius 2 is 2.13 bits per heavy atom. The number of carbonyl (C=O) groups is 1. The number of hydrogen-bond acceptors (Lipinski definition) is 5. The Labute approximate surface area is 86.6 Å². The maximum absolute atomic E-state index is 11.1. The van der Waals surface area contributed by atoms with Crippen LogP contribution in [0, 0.1) is 0 Å². The van der Waals surface area contributed by atoms with Gasteiger partial charge in [-0.05, 0) is 20.8 Å². The molecular formula is C9H12N2O4. The minimum atomic E-state index is -0.807. The Balaban J connectivity index is 2.55. The van der Waals surface area contributed by atoms with Gasteiger partial charge < -0.3 is 14.3 Å². The van der Waals surface area contributed by atoms with Gasteiger partial charge in [-0.25, -0.2) is 4.79 Å². The highest BCUT2D eigenvalue weighted by Crippen LogP contribution is 2.21. The first-order chi connectivity index (χ1) is 6.87. The zero-order chi connectivity index (χ0) is 11.5. The summed E-state index contributed by atoms with van der Waals surface area (Å²) in [4.78, 5) is 11.1. The van der Waals surface area contributed by atoms with Gasteiger partial charge in [0.25, 0.3) is 5.95 Å². The molecule has 1 N–H and O–H groups in total. The third-order valence-corrected chi connectivity index (χ3v) is 1.20. The van der Waals surface area contributed by atoms with Crippen molar-refractivity contribution < 1.29 is 19.1 Å². The zero-order valence-electron chi connectivity index (χ0n) is 8.72. The fourth-order valence-corrected chi connectivity index (χ4v) is 0.744. The number of azo groups is 1. The molecule has 0 aliphatic carbocycles. The molecule has 0 unspecified atom stereocenters. The van der Waals surface area contributed by atoms with E-state index in [1.54, 1.807) is 20.8 Å². The SMILES string of the molecule is CC(C)(C)OC(=O)N=Nc1ccc(O)o1. The summed E-state index contributed by atoms with van der Waals surface area (Å²) in [5.74, 6) is -0.244. The minimum Gasteiger partial charge on any atom is -0.481 e. The van der Waals surface area contributed by atoms with E-state index in [0.717, 1.165) is 0 Å². The van der Waals surface area contributed by atoms with Gasteiger partial charge >= 0.3 is 6.09 Å². The van der Waals surface area contributed by atoms with E-state index in [-0.39, 0.29) is 11.8 Å². The van der Waals surface area contributed by atoms with Crippen molar-refractivity contribution in [2.45, 2.75) is 26.4 Å². The number of rotatable bonds is 1. The monoisotopic (exact) mass is 212 g/mol. The van der Waals surface area contributed by atoms with Gasteiger partial charge in [0.2, 0.25) is 5.88 Å². The lowest BCUT2D eigenvalue weighted by Gasteiger charge is -2.16. The van der Waals surface area contributed by atoms with E-state index in [4.69, 9.17) is 9.84 Å². The fourth-order valence-electron chi connectivity index (χ4n) is 0.744. The summed E-state index contributed by atoms with van der Waals surface area (Å²) in [5, 5.41) is 15.5. The van der Waals surface area contributed by atoms with Crippen LogP contribution < -0.4 is 0 Å². The Hall–Kier alpha value is -1.85. The molecule has 1 aromatic heterocycles. The van der Waals surface area contributed by atoms with Crippen LogP contribution in [0.1, 0.15) is 20.8 Å². The molecule has 0 radical (unpaired) electrons. The molecule has 0 saturated carbocycles. The Kier molecular flexibility index (Phi) is 3.08. The van der Waals surface area contributed by atoms with Crippen LogP contribution >= 0.6 is 0 Å². The molecule has 0 atom stereocenters. The highest BCUT2D eigenvalue weighted by molar-refractivity contribution is 5.68. The normalized spacial score (nSPS) is 11.9. The fraction of sp³-hybridized carbons (Fsp3) is 0.444. The Morgan fingerprint density at radius 1 is 1.47 bits per heavy atom. The summed E-state index contributed by atoms with van der Waals surface area (Å²) in [6.45, 7) is 5.16. The van der Waals surface area contributed by atoms with Gasteiger partial charge in [0, 0.05) is 12.1 Å². The van der Waals surface area contributed by atoms with Gasteiger partial charge in [-0.15, -0.1) is 5.11 Å². The van der Waals surface area contributed by atoms with Crippen LogP contribution in [0.3, 0.4) is 0 Å². The molecule has 1 rings (SSSR count). The lowest BCUT2D eigenvalue weighted by Crippen LogP contribution is -2.21. The quantitative estimate of drug-likeness (QED) is 0.725. The van der Waals surface area contributed by atoms with Gasteiger partial charge in [-0.2, -0.15) is 0 Å². The van der Waals surface area contributed by atoms with E-state index >= 15 is 0 Å². The summed E-state index contributed by atoms with van der Waals surface area (Å²) < 4.78 is 9.51. The smallest absolute Gasteiger partial charge is 0.453 e. The van der Waals surface area contributed by atoms with Crippen molar-refractivity contribution >= 4 is 12.0 Å². The number of amides is 1. The van der Waals surface area contributed by atoms with E-state index in [0.29, 0.717) is 0 Å². The van der Waals surface area contributed by atoms with Crippen molar-refractivity contribution in [3.63, 3.8) is 0 Å². The molecule has 82 valence electrons.